The Morgan fingerprint density at radius 3 is 2.65 bits per heavy atom. The van der Waals surface area contributed by atoms with Crippen molar-refractivity contribution < 1.29 is 19.1 Å². The van der Waals surface area contributed by atoms with Crippen molar-refractivity contribution in [2.24, 2.45) is 0 Å². The topological polar surface area (TPSA) is 151 Å². The summed E-state index contributed by atoms with van der Waals surface area (Å²) in [6, 6.07) is 19.9. The van der Waals surface area contributed by atoms with Crippen LogP contribution in [-0.2, 0) is 11.3 Å². The van der Waals surface area contributed by atoms with Gasteiger partial charge in [-0.3, -0.25) is 19.4 Å². The Hall–Kier alpha value is -5.58. The van der Waals surface area contributed by atoms with Gasteiger partial charge in [0.2, 0.25) is 0 Å². The second-order valence-electron chi connectivity index (χ2n) is 9.07. The Morgan fingerprint density at radius 1 is 0.975 bits per heavy atom. The number of pyridine rings is 1. The molecule has 0 bridgehead atoms. The van der Waals surface area contributed by atoms with Gasteiger partial charge < -0.3 is 25.7 Å². The van der Waals surface area contributed by atoms with E-state index in [4.69, 9.17) is 4.74 Å². The second kappa shape index (κ2) is 10.7. The molecular formula is C29H23N7O4. The number of rotatable bonds is 7. The number of hydrogen-bond donors (Lipinski definition) is 4. The van der Waals surface area contributed by atoms with Crippen LogP contribution < -0.4 is 20.7 Å². The normalized spacial score (nSPS) is 13.1. The number of carbonyl (C=O) groups is 3. The van der Waals surface area contributed by atoms with Crippen LogP contribution in [0, 0.1) is 0 Å². The van der Waals surface area contributed by atoms with Crippen LogP contribution in [0.1, 0.15) is 43.7 Å². The van der Waals surface area contributed by atoms with Gasteiger partial charge in [-0.2, -0.15) is 0 Å². The summed E-state index contributed by atoms with van der Waals surface area (Å²) < 4.78 is 5.37. The van der Waals surface area contributed by atoms with E-state index in [-0.39, 0.29) is 36.2 Å². The molecule has 1 aliphatic rings. The Bertz CT molecular complexity index is 1680. The summed E-state index contributed by atoms with van der Waals surface area (Å²) in [5.74, 6) is -0.496. The number of fused-ring (bicyclic) bond motifs is 2. The Morgan fingerprint density at radius 2 is 1.82 bits per heavy atom. The van der Waals surface area contributed by atoms with Gasteiger partial charge in [-0.1, -0.05) is 42.5 Å². The zero-order chi connectivity index (χ0) is 27.5. The molecule has 2 aromatic carbocycles. The van der Waals surface area contributed by atoms with E-state index in [1.165, 1.54) is 12.5 Å². The first kappa shape index (κ1) is 24.7. The molecule has 6 rings (SSSR count). The van der Waals surface area contributed by atoms with E-state index in [0.717, 1.165) is 11.1 Å². The summed E-state index contributed by atoms with van der Waals surface area (Å²) in [5.41, 5.74) is 3.90. The molecule has 1 aliphatic heterocycles. The monoisotopic (exact) mass is 533 g/mol. The second-order valence-corrected chi connectivity index (χ2v) is 9.07. The van der Waals surface area contributed by atoms with Crippen LogP contribution in [0.2, 0.25) is 0 Å². The number of ether oxygens (including phenoxy) is 1. The predicted molar refractivity (Wildman–Crippen MR) is 146 cm³/mol. The molecule has 40 heavy (non-hydrogen) atoms. The number of anilines is 1. The summed E-state index contributed by atoms with van der Waals surface area (Å²) in [7, 11) is 0. The fourth-order valence-electron chi connectivity index (χ4n) is 4.52. The summed E-state index contributed by atoms with van der Waals surface area (Å²) in [6.07, 6.45) is 4.44. The fraction of sp³-hybridized carbons (Fsp3) is 0.103. The van der Waals surface area contributed by atoms with Gasteiger partial charge in [0.1, 0.15) is 17.6 Å². The molecule has 1 unspecified atom stereocenters. The molecule has 3 amide bonds. The fourth-order valence-corrected chi connectivity index (χ4v) is 4.52. The van der Waals surface area contributed by atoms with Crippen LogP contribution >= 0.6 is 0 Å². The molecule has 3 aromatic heterocycles. The lowest BCUT2D eigenvalue weighted by Gasteiger charge is -2.18. The molecular weight excluding hydrogens is 510 g/mol. The number of aromatic amines is 1. The maximum absolute atomic E-state index is 13.4. The zero-order valence-electron chi connectivity index (χ0n) is 21.0. The SMILES string of the molecule is O=C1COc2ccc(CNC(=O)c3ncnc4c(C(=O)NC(c5ccccc5)c5ccccn5)c[nH]c34)cc2N1. The van der Waals surface area contributed by atoms with Crippen molar-refractivity contribution in [1.82, 2.24) is 30.6 Å². The van der Waals surface area contributed by atoms with Crippen molar-refractivity contribution in [1.29, 1.82) is 0 Å². The highest BCUT2D eigenvalue weighted by molar-refractivity contribution is 6.10. The first-order chi connectivity index (χ1) is 19.6. The van der Waals surface area contributed by atoms with E-state index in [2.05, 4.69) is 35.9 Å². The quantitative estimate of drug-likeness (QED) is 0.251. The molecule has 4 N–H and O–H groups in total. The summed E-state index contributed by atoms with van der Waals surface area (Å²) in [4.78, 5) is 54.0. The zero-order valence-corrected chi connectivity index (χ0v) is 21.0. The van der Waals surface area contributed by atoms with Gasteiger partial charge >= 0.3 is 0 Å². The smallest absolute Gasteiger partial charge is 0.272 e. The molecule has 0 saturated heterocycles. The number of amides is 3. The maximum Gasteiger partial charge on any atom is 0.272 e. The van der Waals surface area contributed by atoms with Crippen LogP contribution in [0.5, 0.6) is 5.75 Å². The van der Waals surface area contributed by atoms with Gasteiger partial charge in [0.15, 0.2) is 12.3 Å². The van der Waals surface area contributed by atoms with Gasteiger partial charge in [0.05, 0.1) is 28.5 Å². The van der Waals surface area contributed by atoms with E-state index in [1.807, 2.05) is 48.5 Å². The number of benzene rings is 2. The Kier molecular flexibility index (Phi) is 6.59. The molecule has 0 saturated carbocycles. The van der Waals surface area contributed by atoms with Gasteiger partial charge in [-0.05, 0) is 35.4 Å². The third-order valence-corrected chi connectivity index (χ3v) is 6.44. The maximum atomic E-state index is 13.4. The lowest BCUT2D eigenvalue weighted by atomic mass is 10.0. The number of nitrogens with zero attached hydrogens (tertiary/aromatic N) is 3. The number of aromatic nitrogens is 4. The summed E-state index contributed by atoms with van der Waals surface area (Å²) in [6.45, 7) is 0.156. The van der Waals surface area contributed by atoms with Crippen LogP contribution in [0.15, 0.2) is 85.5 Å². The van der Waals surface area contributed by atoms with Crippen molar-refractivity contribution >= 4 is 34.4 Å². The van der Waals surface area contributed by atoms with Gasteiger partial charge in [0.25, 0.3) is 17.7 Å². The average molecular weight is 534 g/mol. The largest absolute Gasteiger partial charge is 0.482 e. The van der Waals surface area contributed by atoms with Crippen LogP contribution in [0.25, 0.3) is 11.0 Å². The minimum atomic E-state index is -0.490. The number of carbonyl (C=O) groups excluding carboxylic acids is 3. The third kappa shape index (κ3) is 4.95. The Balaban J connectivity index is 1.21. The molecule has 4 heterocycles. The Labute approximate surface area is 228 Å². The molecule has 0 spiro atoms. The highest BCUT2D eigenvalue weighted by Crippen LogP contribution is 2.28. The highest BCUT2D eigenvalue weighted by atomic mass is 16.5. The standard InChI is InChI=1S/C29H23N7O4/c37-23-15-40-22-10-9-17(12-21(22)35-23)13-32-29(39)27-26-25(33-16-34-27)19(14-31-26)28(38)36-24(18-6-2-1-3-7-18)20-8-4-5-11-30-20/h1-12,14,16,24,31H,13,15H2,(H,32,39)(H,35,37)(H,36,38). The summed E-state index contributed by atoms with van der Waals surface area (Å²) >= 11 is 0. The van der Waals surface area contributed by atoms with E-state index < -0.39 is 11.9 Å². The molecule has 11 nitrogen and oxygen atoms in total. The van der Waals surface area contributed by atoms with E-state index >= 15 is 0 Å². The van der Waals surface area contributed by atoms with Crippen molar-refractivity contribution in [3.8, 4) is 5.75 Å². The lowest BCUT2D eigenvalue weighted by Crippen LogP contribution is -2.30. The minimum Gasteiger partial charge on any atom is -0.482 e. The van der Waals surface area contributed by atoms with Crippen LogP contribution in [-0.4, -0.2) is 44.3 Å². The lowest BCUT2D eigenvalue weighted by molar-refractivity contribution is -0.118. The summed E-state index contributed by atoms with van der Waals surface area (Å²) in [5, 5.41) is 8.62. The first-order valence-corrected chi connectivity index (χ1v) is 12.5. The molecule has 0 aliphatic carbocycles. The number of nitrogens with one attached hydrogen (secondary N) is 4. The van der Waals surface area contributed by atoms with Crippen molar-refractivity contribution in [3.05, 3.63) is 114 Å². The minimum absolute atomic E-state index is 0.0288. The molecule has 198 valence electrons. The van der Waals surface area contributed by atoms with Crippen molar-refractivity contribution in [3.63, 3.8) is 0 Å². The highest BCUT2D eigenvalue weighted by Gasteiger charge is 2.24. The van der Waals surface area contributed by atoms with Crippen molar-refractivity contribution in [2.45, 2.75) is 12.6 Å². The molecule has 0 radical (unpaired) electrons. The molecule has 1 atom stereocenters. The van der Waals surface area contributed by atoms with E-state index in [0.29, 0.717) is 28.2 Å². The molecule has 11 heteroatoms. The van der Waals surface area contributed by atoms with Gasteiger partial charge in [-0.15, -0.1) is 0 Å². The number of hydrogen-bond acceptors (Lipinski definition) is 7. The molecule has 5 aromatic rings. The predicted octanol–water partition coefficient (Wildman–Crippen LogP) is 3.13. The van der Waals surface area contributed by atoms with E-state index in [9.17, 15) is 14.4 Å². The van der Waals surface area contributed by atoms with E-state index in [1.54, 1.807) is 24.4 Å². The van der Waals surface area contributed by atoms with Crippen molar-refractivity contribution in [2.75, 3.05) is 11.9 Å². The first-order valence-electron chi connectivity index (χ1n) is 12.5. The van der Waals surface area contributed by atoms with Gasteiger partial charge in [0, 0.05) is 18.9 Å². The molecule has 0 fully saturated rings. The number of H-pyrrole nitrogens is 1. The van der Waals surface area contributed by atoms with Gasteiger partial charge in [-0.25, -0.2) is 9.97 Å². The average Bonchev–Trinajstić information content (AvgIpc) is 3.44. The van der Waals surface area contributed by atoms with Crippen LogP contribution in [0.3, 0.4) is 0 Å². The third-order valence-electron chi connectivity index (χ3n) is 6.44. The van der Waals surface area contributed by atoms with Crippen LogP contribution in [0.4, 0.5) is 5.69 Å².